The van der Waals surface area contributed by atoms with Crippen LogP contribution in [0.15, 0.2) is 24.3 Å². The summed E-state index contributed by atoms with van der Waals surface area (Å²) in [5, 5.41) is 0. The van der Waals surface area contributed by atoms with Crippen LogP contribution in [0.5, 0.6) is 0 Å². The first kappa shape index (κ1) is 18.8. The first-order chi connectivity index (χ1) is 12.1. The number of nitrogens with zero attached hydrogens (tertiary/aromatic N) is 3. The fraction of sp³-hybridized carbons (Fsp3) is 0.556. The van der Waals surface area contributed by atoms with Crippen molar-refractivity contribution in [2.45, 2.75) is 38.6 Å². The van der Waals surface area contributed by atoms with Crippen molar-refractivity contribution in [2.24, 2.45) is 11.1 Å². The smallest absolute Gasteiger partial charge is 0.242 e. The lowest BCUT2D eigenvalue weighted by Gasteiger charge is -2.42. The second-order valence-electron chi connectivity index (χ2n) is 7.87. The van der Waals surface area contributed by atoms with Crippen molar-refractivity contribution in [1.29, 1.82) is 0 Å². The van der Waals surface area contributed by atoms with E-state index in [0.717, 1.165) is 11.9 Å². The Labute approximate surface area is 154 Å². The topological polar surface area (TPSA) is 98.3 Å². The van der Waals surface area contributed by atoms with E-state index in [-0.39, 0.29) is 29.7 Å². The molecule has 1 unspecified atom stereocenters. The highest BCUT2D eigenvalue weighted by atomic mass is 32.2. The molecule has 0 spiro atoms. The molecule has 1 saturated heterocycles. The van der Waals surface area contributed by atoms with E-state index < -0.39 is 9.84 Å². The molecule has 1 aromatic heterocycles. The Balaban J connectivity index is 1.90. The van der Waals surface area contributed by atoms with Gasteiger partial charge in [0, 0.05) is 25.4 Å². The van der Waals surface area contributed by atoms with Gasteiger partial charge in [0.15, 0.2) is 9.84 Å². The molecule has 2 aromatic rings. The Morgan fingerprint density at radius 2 is 2.04 bits per heavy atom. The minimum atomic E-state index is -3.26. The molecule has 26 heavy (non-hydrogen) atoms. The van der Waals surface area contributed by atoms with Crippen LogP contribution in [0.1, 0.15) is 26.1 Å². The summed E-state index contributed by atoms with van der Waals surface area (Å²) < 4.78 is 25.3. The average molecular weight is 378 g/mol. The molecule has 0 aliphatic carbocycles. The number of carbonyl (C=O) groups is 1. The van der Waals surface area contributed by atoms with Crippen LogP contribution in [0, 0.1) is 5.41 Å². The number of nitrogens with two attached hydrogens (primary N) is 1. The van der Waals surface area contributed by atoms with Gasteiger partial charge in [0.2, 0.25) is 5.91 Å². The van der Waals surface area contributed by atoms with Crippen LogP contribution in [0.2, 0.25) is 0 Å². The summed E-state index contributed by atoms with van der Waals surface area (Å²) in [5.74, 6) is 0.170. The van der Waals surface area contributed by atoms with Crippen LogP contribution < -0.4 is 5.73 Å². The van der Waals surface area contributed by atoms with Crippen molar-refractivity contribution in [1.82, 2.24) is 14.5 Å². The normalized spacial score (nSPS) is 20.5. The van der Waals surface area contributed by atoms with Gasteiger partial charge in [0.25, 0.3) is 0 Å². The van der Waals surface area contributed by atoms with Gasteiger partial charge >= 0.3 is 0 Å². The third-order valence-electron chi connectivity index (χ3n) is 5.08. The maximum atomic E-state index is 12.9. The molecule has 0 bridgehead atoms. The molecular formula is C18H26N4O3S. The molecule has 3 rings (SSSR count). The summed E-state index contributed by atoms with van der Waals surface area (Å²) in [6, 6.07) is 7.46. The highest BCUT2D eigenvalue weighted by Crippen LogP contribution is 2.28. The zero-order valence-corrected chi connectivity index (χ0v) is 16.3. The van der Waals surface area contributed by atoms with Gasteiger partial charge in [-0.05, 0) is 24.0 Å². The zero-order valence-electron chi connectivity index (χ0n) is 15.5. The highest BCUT2D eigenvalue weighted by molar-refractivity contribution is 7.89. The van der Waals surface area contributed by atoms with Crippen LogP contribution >= 0.6 is 0 Å². The number of piperidine rings is 1. The molecule has 2 heterocycles. The number of amides is 1. The number of fused-ring (bicyclic) bond motifs is 1. The Hall–Kier alpha value is -1.93. The van der Waals surface area contributed by atoms with Gasteiger partial charge in [-0.3, -0.25) is 4.79 Å². The number of aromatic nitrogens is 2. The van der Waals surface area contributed by atoms with Crippen LogP contribution in [0.3, 0.4) is 0 Å². The fourth-order valence-corrected chi connectivity index (χ4v) is 4.16. The summed E-state index contributed by atoms with van der Waals surface area (Å²) in [6.07, 6.45) is 1.94. The lowest BCUT2D eigenvalue weighted by molar-refractivity contribution is -0.135. The van der Waals surface area contributed by atoms with Crippen LogP contribution in [-0.4, -0.2) is 54.2 Å². The quantitative estimate of drug-likeness (QED) is 0.861. The third-order valence-corrected chi connectivity index (χ3v) is 5.87. The number of hydrogen-bond acceptors (Lipinski definition) is 5. The zero-order chi connectivity index (χ0) is 19.1. The molecule has 1 aliphatic rings. The standard InChI is InChI=1S/C18H26N4O3S/c1-18(2)12-21(9-8-15(18)19)17(23)10-22-14-7-5-4-6-13(14)20-16(22)11-26(3,24)25/h4-7,15H,8-12,19H2,1-3H3. The number of sulfone groups is 1. The van der Waals surface area contributed by atoms with E-state index in [1.807, 2.05) is 29.2 Å². The van der Waals surface area contributed by atoms with E-state index in [9.17, 15) is 13.2 Å². The van der Waals surface area contributed by atoms with E-state index in [4.69, 9.17) is 5.73 Å². The largest absolute Gasteiger partial charge is 0.340 e. The number of benzene rings is 1. The van der Waals surface area contributed by atoms with Gasteiger partial charge in [-0.1, -0.05) is 26.0 Å². The number of hydrogen-bond donors (Lipinski definition) is 1. The molecule has 142 valence electrons. The molecular weight excluding hydrogens is 352 g/mol. The Kier molecular flexibility index (Phi) is 4.83. The molecule has 1 aromatic carbocycles. The summed E-state index contributed by atoms with van der Waals surface area (Å²) in [6.45, 7) is 5.44. The molecule has 1 fully saturated rings. The summed E-state index contributed by atoms with van der Waals surface area (Å²) in [5.41, 5.74) is 7.49. The third kappa shape index (κ3) is 3.91. The van der Waals surface area contributed by atoms with Gasteiger partial charge in [-0.25, -0.2) is 13.4 Å². The van der Waals surface area contributed by atoms with Crippen molar-refractivity contribution >= 4 is 26.8 Å². The van der Waals surface area contributed by atoms with Crippen molar-refractivity contribution in [2.75, 3.05) is 19.3 Å². The first-order valence-corrected chi connectivity index (χ1v) is 10.8. The predicted octanol–water partition coefficient (Wildman–Crippen LogP) is 1.17. The lowest BCUT2D eigenvalue weighted by atomic mass is 9.79. The second-order valence-corrected chi connectivity index (χ2v) is 10.0. The highest BCUT2D eigenvalue weighted by Gasteiger charge is 2.35. The van der Waals surface area contributed by atoms with Crippen molar-refractivity contribution in [3.8, 4) is 0 Å². The predicted molar refractivity (Wildman–Crippen MR) is 101 cm³/mol. The summed E-state index contributed by atoms with van der Waals surface area (Å²) in [7, 11) is -3.26. The molecule has 1 aliphatic heterocycles. The first-order valence-electron chi connectivity index (χ1n) is 8.72. The van der Waals surface area contributed by atoms with Crippen molar-refractivity contribution in [3.05, 3.63) is 30.1 Å². The second kappa shape index (κ2) is 6.66. The molecule has 7 nitrogen and oxygen atoms in total. The SMILES string of the molecule is CC1(C)CN(C(=O)Cn2c(CS(C)(=O)=O)nc3ccccc32)CCC1N. The van der Waals surface area contributed by atoms with Gasteiger partial charge in [-0.15, -0.1) is 0 Å². The number of likely N-dealkylation sites (tertiary alicyclic amines) is 1. The maximum absolute atomic E-state index is 12.9. The average Bonchev–Trinajstić information content (AvgIpc) is 2.85. The van der Waals surface area contributed by atoms with E-state index in [2.05, 4.69) is 18.8 Å². The number of para-hydroxylation sites is 2. The molecule has 1 atom stereocenters. The number of carbonyl (C=O) groups excluding carboxylic acids is 1. The minimum absolute atomic E-state index is 0.0390. The molecule has 2 N–H and O–H groups in total. The van der Waals surface area contributed by atoms with Crippen LogP contribution in [0.4, 0.5) is 0 Å². The Morgan fingerprint density at radius 3 is 2.69 bits per heavy atom. The van der Waals surface area contributed by atoms with Gasteiger partial charge in [0.1, 0.15) is 18.1 Å². The van der Waals surface area contributed by atoms with E-state index in [1.54, 1.807) is 4.57 Å². The Morgan fingerprint density at radius 1 is 1.35 bits per heavy atom. The minimum Gasteiger partial charge on any atom is -0.340 e. The van der Waals surface area contributed by atoms with E-state index in [1.165, 1.54) is 6.26 Å². The molecule has 0 radical (unpaired) electrons. The lowest BCUT2D eigenvalue weighted by Crippen LogP contribution is -2.54. The monoisotopic (exact) mass is 378 g/mol. The maximum Gasteiger partial charge on any atom is 0.242 e. The van der Waals surface area contributed by atoms with Gasteiger partial charge in [0.05, 0.1) is 11.0 Å². The Bertz CT molecular complexity index is 933. The molecule has 1 amide bonds. The molecule has 8 heteroatoms. The van der Waals surface area contributed by atoms with Crippen molar-refractivity contribution < 1.29 is 13.2 Å². The number of rotatable bonds is 4. The van der Waals surface area contributed by atoms with E-state index in [0.29, 0.717) is 24.4 Å². The summed E-state index contributed by atoms with van der Waals surface area (Å²) >= 11 is 0. The summed E-state index contributed by atoms with van der Waals surface area (Å²) in [4.78, 5) is 19.2. The van der Waals surface area contributed by atoms with Gasteiger partial charge < -0.3 is 15.2 Å². The van der Waals surface area contributed by atoms with Gasteiger partial charge in [-0.2, -0.15) is 0 Å². The van der Waals surface area contributed by atoms with Crippen LogP contribution in [0.25, 0.3) is 11.0 Å². The van der Waals surface area contributed by atoms with Crippen LogP contribution in [-0.2, 0) is 26.9 Å². The number of imidazole rings is 1. The van der Waals surface area contributed by atoms with E-state index >= 15 is 0 Å². The van der Waals surface area contributed by atoms with Crippen molar-refractivity contribution in [3.63, 3.8) is 0 Å². The fourth-order valence-electron chi connectivity index (χ4n) is 3.47. The molecule has 0 saturated carbocycles.